The lowest BCUT2D eigenvalue weighted by molar-refractivity contribution is 0.266. The van der Waals surface area contributed by atoms with E-state index in [1.54, 1.807) is 0 Å². The SMILES string of the molecule is CC(CN)Nc1cnn(CCO)c(=O)c1Br. The summed E-state index contributed by atoms with van der Waals surface area (Å²) in [5.74, 6) is 0. The van der Waals surface area contributed by atoms with E-state index >= 15 is 0 Å². The normalized spacial score (nSPS) is 12.5. The van der Waals surface area contributed by atoms with Crippen LogP contribution in [-0.4, -0.2) is 34.1 Å². The van der Waals surface area contributed by atoms with Crippen molar-refractivity contribution in [2.75, 3.05) is 18.5 Å². The van der Waals surface area contributed by atoms with Crippen molar-refractivity contribution in [3.63, 3.8) is 0 Å². The van der Waals surface area contributed by atoms with E-state index in [0.717, 1.165) is 0 Å². The maximum Gasteiger partial charge on any atom is 0.283 e. The topological polar surface area (TPSA) is 93.2 Å². The van der Waals surface area contributed by atoms with Crippen LogP contribution in [0.15, 0.2) is 15.5 Å². The summed E-state index contributed by atoms with van der Waals surface area (Å²) < 4.78 is 1.60. The zero-order chi connectivity index (χ0) is 12.1. The number of aliphatic hydroxyl groups excluding tert-OH is 1. The molecule has 0 amide bonds. The predicted molar refractivity (Wildman–Crippen MR) is 65.4 cm³/mol. The molecule has 0 aliphatic heterocycles. The summed E-state index contributed by atoms with van der Waals surface area (Å²) in [5.41, 5.74) is 5.80. The summed E-state index contributed by atoms with van der Waals surface area (Å²) in [4.78, 5) is 11.7. The maximum absolute atomic E-state index is 11.7. The highest BCUT2D eigenvalue weighted by Gasteiger charge is 2.09. The summed E-state index contributed by atoms with van der Waals surface area (Å²) in [7, 11) is 0. The average molecular weight is 291 g/mol. The Bertz CT molecular complexity index is 407. The van der Waals surface area contributed by atoms with Crippen LogP contribution in [0.5, 0.6) is 0 Å². The maximum atomic E-state index is 11.7. The molecule has 90 valence electrons. The number of nitrogens with one attached hydrogen (secondary N) is 1. The van der Waals surface area contributed by atoms with Gasteiger partial charge in [-0.2, -0.15) is 5.10 Å². The molecule has 6 nitrogen and oxygen atoms in total. The highest BCUT2D eigenvalue weighted by Crippen LogP contribution is 2.16. The Morgan fingerprint density at radius 1 is 1.75 bits per heavy atom. The molecule has 1 aromatic heterocycles. The van der Waals surface area contributed by atoms with Crippen LogP contribution < -0.4 is 16.6 Å². The Kier molecular flexibility index (Phi) is 4.91. The summed E-state index contributed by atoms with van der Waals surface area (Å²) in [5, 5.41) is 15.7. The Morgan fingerprint density at radius 3 is 3.00 bits per heavy atom. The molecule has 0 aliphatic carbocycles. The lowest BCUT2D eigenvalue weighted by Gasteiger charge is -2.14. The van der Waals surface area contributed by atoms with Crippen molar-refractivity contribution in [3.05, 3.63) is 21.0 Å². The fourth-order valence-electron chi connectivity index (χ4n) is 1.14. The minimum atomic E-state index is -0.275. The molecule has 0 saturated carbocycles. The lowest BCUT2D eigenvalue weighted by Crippen LogP contribution is -2.29. The van der Waals surface area contributed by atoms with Crippen molar-refractivity contribution in [2.45, 2.75) is 19.5 Å². The van der Waals surface area contributed by atoms with Gasteiger partial charge in [-0.3, -0.25) is 4.79 Å². The molecule has 0 radical (unpaired) electrons. The zero-order valence-electron chi connectivity index (χ0n) is 8.98. The number of nitrogens with two attached hydrogens (primary N) is 1. The monoisotopic (exact) mass is 290 g/mol. The van der Waals surface area contributed by atoms with Gasteiger partial charge in [-0.05, 0) is 22.9 Å². The number of hydrogen-bond donors (Lipinski definition) is 3. The molecule has 0 bridgehead atoms. The molecule has 0 aromatic carbocycles. The lowest BCUT2D eigenvalue weighted by atomic mass is 10.3. The molecule has 0 saturated heterocycles. The van der Waals surface area contributed by atoms with Crippen molar-refractivity contribution in [2.24, 2.45) is 5.73 Å². The summed E-state index contributed by atoms with van der Waals surface area (Å²) in [6.07, 6.45) is 1.54. The Morgan fingerprint density at radius 2 is 2.44 bits per heavy atom. The third kappa shape index (κ3) is 3.03. The number of aliphatic hydroxyl groups is 1. The van der Waals surface area contributed by atoms with Crippen LogP contribution >= 0.6 is 15.9 Å². The molecule has 0 fully saturated rings. The third-order valence-corrected chi connectivity index (χ3v) is 2.82. The van der Waals surface area contributed by atoms with Gasteiger partial charge in [0.15, 0.2) is 0 Å². The molecule has 1 rings (SSSR count). The van der Waals surface area contributed by atoms with Crippen LogP contribution in [0.1, 0.15) is 6.92 Å². The van der Waals surface area contributed by atoms with E-state index in [9.17, 15) is 4.79 Å². The van der Waals surface area contributed by atoms with Gasteiger partial charge in [0.25, 0.3) is 5.56 Å². The summed E-state index contributed by atoms with van der Waals surface area (Å²) in [6.45, 7) is 2.44. The molecule has 0 aliphatic rings. The van der Waals surface area contributed by atoms with E-state index in [2.05, 4.69) is 26.3 Å². The zero-order valence-corrected chi connectivity index (χ0v) is 10.6. The Hall–Kier alpha value is -0.920. The van der Waals surface area contributed by atoms with Gasteiger partial charge in [-0.1, -0.05) is 0 Å². The van der Waals surface area contributed by atoms with E-state index in [0.29, 0.717) is 16.7 Å². The molecular weight excluding hydrogens is 276 g/mol. The van der Waals surface area contributed by atoms with E-state index in [1.807, 2.05) is 6.92 Å². The fraction of sp³-hybridized carbons (Fsp3) is 0.556. The second-order valence-corrected chi connectivity index (χ2v) is 4.20. The number of halogens is 1. The Labute approximate surface area is 102 Å². The highest BCUT2D eigenvalue weighted by atomic mass is 79.9. The van der Waals surface area contributed by atoms with Gasteiger partial charge in [-0.25, -0.2) is 4.68 Å². The van der Waals surface area contributed by atoms with Gasteiger partial charge in [0.05, 0.1) is 25.0 Å². The first-order valence-corrected chi connectivity index (χ1v) is 5.72. The van der Waals surface area contributed by atoms with Gasteiger partial charge in [0.2, 0.25) is 0 Å². The quantitative estimate of drug-likeness (QED) is 0.696. The molecule has 16 heavy (non-hydrogen) atoms. The number of anilines is 1. The largest absolute Gasteiger partial charge is 0.394 e. The number of aromatic nitrogens is 2. The molecular formula is C9H15BrN4O2. The molecule has 7 heteroatoms. The van der Waals surface area contributed by atoms with Crippen molar-refractivity contribution in [1.82, 2.24) is 9.78 Å². The van der Waals surface area contributed by atoms with Crippen LogP contribution in [0.3, 0.4) is 0 Å². The van der Waals surface area contributed by atoms with Gasteiger partial charge in [-0.15, -0.1) is 0 Å². The second kappa shape index (κ2) is 5.97. The highest BCUT2D eigenvalue weighted by molar-refractivity contribution is 9.10. The molecule has 0 spiro atoms. The van der Waals surface area contributed by atoms with E-state index in [4.69, 9.17) is 10.8 Å². The Balaban J connectivity index is 2.98. The van der Waals surface area contributed by atoms with Crippen molar-refractivity contribution >= 4 is 21.6 Å². The number of hydrogen-bond acceptors (Lipinski definition) is 5. The molecule has 1 heterocycles. The van der Waals surface area contributed by atoms with Gasteiger partial charge in [0, 0.05) is 12.6 Å². The second-order valence-electron chi connectivity index (χ2n) is 3.41. The molecule has 1 aromatic rings. The van der Waals surface area contributed by atoms with Crippen molar-refractivity contribution in [1.29, 1.82) is 0 Å². The minimum Gasteiger partial charge on any atom is -0.394 e. The summed E-state index contributed by atoms with van der Waals surface area (Å²) >= 11 is 3.20. The van der Waals surface area contributed by atoms with Crippen LogP contribution in [0.25, 0.3) is 0 Å². The van der Waals surface area contributed by atoms with Crippen molar-refractivity contribution in [3.8, 4) is 0 Å². The standard InChI is InChI=1S/C9H15BrN4O2/c1-6(4-11)13-7-5-12-14(2-3-15)9(16)8(7)10/h5-6,13,15H,2-4,11H2,1H3. The fourth-order valence-corrected chi connectivity index (χ4v) is 1.57. The van der Waals surface area contributed by atoms with Gasteiger partial charge in [0.1, 0.15) is 4.47 Å². The van der Waals surface area contributed by atoms with E-state index in [-0.39, 0.29) is 24.8 Å². The van der Waals surface area contributed by atoms with Crippen molar-refractivity contribution < 1.29 is 5.11 Å². The minimum absolute atomic E-state index is 0.0613. The smallest absolute Gasteiger partial charge is 0.283 e. The first kappa shape index (κ1) is 13.1. The molecule has 4 N–H and O–H groups in total. The van der Waals surface area contributed by atoms with Crippen LogP contribution in [0.4, 0.5) is 5.69 Å². The first-order chi connectivity index (χ1) is 7.60. The molecule has 1 unspecified atom stereocenters. The van der Waals surface area contributed by atoms with Gasteiger partial charge < -0.3 is 16.2 Å². The summed E-state index contributed by atoms with van der Waals surface area (Å²) in [6, 6.07) is 0.0613. The van der Waals surface area contributed by atoms with E-state index < -0.39 is 0 Å². The number of nitrogens with zero attached hydrogens (tertiary/aromatic N) is 2. The van der Waals surface area contributed by atoms with Crippen LogP contribution in [-0.2, 0) is 6.54 Å². The average Bonchev–Trinajstić information content (AvgIpc) is 2.28. The van der Waals surface area contributed by atoms with Crippen LogP contribution in [0.2, 0.25) is 0 Å². The van der Waals surface area contributed by atoms with Gasteiger partial charge >= 0.3 is 0 Å². The predicted octanol–water partition coefficient (Wildman–Crippen LogP) is -0.243. The first-order valence-electron chi connectivity index (χ1n) is 4.93. The van der Waals surface area contributed by atoms with Crippen LogP contribution in [0, 0.1) is 0 Å². The number of rotatable bonds is 5. The molecule has 1 atom stereocenters. The third-order valence-electron chi connectivity index (χ3n) is 2.05. The van der Waals surface area contributed by atoms with E-state index in [1.165, 1.54) is 10.9 Å².